The van der Waals surface area contributed by atoms with Crippen LogP contribution in [0.3, 0.4) is 0 Å². The summed E-state index contributed by atoms with van der Waals surface area (Å²) in [6.07, 6.45) is 0. The van der Waals surface area contributed by atoms with Gasteiger partial charge < -0.3 is 18.9 Å². The summed E-state index contributed by atoms with van der Waals surface area (Å²) in [5, 5.41) is 2.07. The van der Waals surface area contributed by atoms with Crippen LogP contribution >= 0.6 is 11.3 Å². The third-order valence-electron chi connectivity index (χ3n) is 13.3. The largest absolute Gasteiger partial charge is 0.456 e. The Labute approximate surface area is 361 Å². The molecule has 0 bridgehead atoms. The quantitative estimate of drug-likeness (QED) is 0.166. The number of fused-ring (bicyclic) bond motifs is 11. The molecule has 7 aromatic carbocycles. The lowest BCUT2D eigenvalue weighted by Gasteiger charge is -2.48. The first-order valence-electron chi connectivity index (χ1n) is 21.5. The highest BCUT2D eigenvalue weighted by Gasteiger charge is 2.49. The van der Waals surface area contributed by atoms with Crippen molar-refractivity contribution in [2.75, 3.05) is 9.71 Å². The van der Waals surface area contributed by atoms with E-state index in [0.29, 0.717) is 5.92 Å². The number of furan rings is 1. The van der Waals surface area contributed by atoms with Crippen LogP contribution in [-0.2, 0) is 10.8 Å². The average Bonchev–Trinajstić information content (AvgIpc) is 3.88. The van der Waals surface area contributed by atoms with Crippen LogP contribution in [-0.4, -0.2) is 11.8 Å². The summed E-state index contributed by atoms with van der Waals surface area (Å²) in [4.78, 5) is 9.72. The fourth-order valence-corrected chi connectivity index (χ4v) is 10.7. The van der Waals surface area contributed by atoms with Gasteiger partial charge >= 0.3 is 6.85 Å². The van der Waals surface area contributed by atoms with Crippen molar-refractivity contribution in [1.82, 2.24) is 4.98 Å². The van der Waals surface area contributed by atoms with E-state index in [1.54, 1.807) is 11.3 Å². The highest BCUT2D eigenvalue weighted by molar-refractivity contribution is 7.16. The van der Waals surface area contributed by atoms with Crippen LogP contribution in [0.15, 0.2) is 131 Å². The first-order chi connectivity index (χ1) is 29.3. The maximum atomic E-state index is 7.28. The molecule has 0 amide bonds. The van der Waals surface area contributed by atoms with Crippen LogP contribution in [0.5, 0.6) is 11.5 Å². The van der Waals surface area contributed by atoms with Crippen molar-refractivity contribution in [3.8, 4) is 33.8 Å². The first kappa shape index (κ1) is 36.5. The van der Waals surface area contributed by atoms with Gasteiger partial charge in [0.15, 0.2) is 5.75 Å². The second-order valence-electron chi connectivity index (χ2n) is 19.5. The van der Waals surface area contributed by atoms with E-state index in [-0.39, 0.29) is 17.7 Å². The molecule has 12 rings (SSSR count). The Bertz CT molecular complexity index is 3310. The predicted octanol–water partition coefficient (Wildman–Crippen LogP) is 14.4. The highest BCUT2D eigenvalue weighted by Crippen LogP contribution is 2.59. The number of thiazole rings is 1. The molecular weight excluding hydrogens is 765 g/mol. The van der Waals surface area contributed by atoms with Crippen LogP contribution in [0, 0.1) is 0 Å². The van der Waals surface area contributed by atoms with Crippen LogP contribution in [0.4, 0.5) is 28.4 Å². The third-order valence-corrected chi connectivity index (χ3v) is 14.1. The van der Waals surface area contributed by atoms with Crippen molar-refractivity contribution in [2.45, 2.75) is 72.1 Å². The van der Waals surface area contributed by atoms with E-state index in [0.717, 1.165) is 61.6 Å². The van der Waals surface area contributed by atoms with Gasteiger partial charge in [0, 0.05) is 28.0 Å². The SMILES string of the molecule is CC(C)c1cc2c3c(c1)N(c1ccc(C(C)(C)C)cc1)c1cc(-c4ccc5ncsc5c4)ccc1B3N1c3ccc(C(C)(C)C)cc3Oc3c1c-2cc1oc2ccccc2c31. The fraction of sp³-hybridized carbons (Fsp3) is 0.204. The van der Waals surface area contributed by atoms with E-state index < -0.39 is 0 Å². The number of hydrogen-bond acceptors (Lipinski definition) is 6. The maximum absolute atomic E-state index is 7.28. The van der Waals surface area contributed by atoms with Crippen LogP contribution in [0.1, 0.15) is 78.0 Å². The summed E-state index contributed by atoms with van der Waals surface area (Å²) in [6.45, 7) is 18.1. The molecule has 9 aromatic rings. The van der Waals surface area contributed by atoms with Gasteiger partial charge in [-0.15, -0.1) is 11.3 Å². The number of benzene rings is 7. The highest BCUT2D eigenvalue weighted by atomic mass is 32.1. The Balaban J connectivity index is 1.20. The zero-order valence-corrected chi connectivity index (χ0v) is 36.7. The van der Waals surface area contributed by atoms with Gasteiger partial charge in [0.2, 0.25) is 0 Å². The van der Waals surface area contributed by atoms with E-state index in [9.17, 15) is 0 Å². The summed E-state index contributed by atoms with van der Waals surface area (Å²) in [6, 6.07) is 45.5. The van der Waals surface area contributed by atoms with E-state index in [1.165, 1.54) is 60.4 Å². The zero-order valence-electron chi connectivity index (χ0n) is 35.8. The summed E-state index contributed by atoms with van der Waals surface area (Å²) < 4.78 is 15.2. The lowest BCUT2D eigenvalue weighted by molar-refractivity contribution is 0.479. The van der Waals surface area contributed by atoms with Crippen molar-refractivity contribution in [2.24, 2.45) is 0 Å². The molecule has 0 spiro atoms. The minimum atomic E-state index is -0.144. The predicted molar refractivity (Wildman–Crippen MR) is 258 cm³/mol. The van der Waals surface area contributed by atoms with E-state index in [4.69, 9.17) is 9.15 Å². The molecule has 5 heterocycles. The Morgan fingerprint density at radius 2 is 1.43 bits per heavy atom. The van der Waals surface area contributed by atoms with Crippen molar-refractivity contribution in [1.29, 1.82) is 0 Å². The standard InChI is InChI=1S/C54H46BN3O2S/c1-30(2)33-23-38-39-28-47-49(37-11-9-10-12-45(37)59-47)52-51(39)58(42-22-17-35(54(6,7)8)27-46(42)60-52)55-40-20-13-31(32-14-21-41-48(26-32)61-29-56-41)24-43(40)57(44(25-33)50(38)55)36-18-15-34(16-19-36)53(3,4)5/h9-30H,1-8H3. The molecule has 5 nitrogen and oxygen atoms in total. The van der Waals surface area contributed by atoms with Gasteiger partial charge in [-0.05, 0) is 122 Å². The Hall–Kier alpha value is -6.31. The minimum Gasteiger partial charge on any atom is -0.456 e. The van der Waals surface area contributed by atoms with E-state index in [1.807, 2.05) is 11.6 Å². The van der Waals surface area contributed by atoms with Crippen molar-refractivity contribution in [3.63, 3.8) is 0 Å². The van der Waals surface area contributed by atoms with Gasteiger partial charge in [-0.3, -0.25) is 0 Å². The number of anilines is 5. The van der Waals surface area contributed by atoms with Crippen molar-refractivity contribution >= 4 is 89.7 Å². The number of nitrogens with zero attached hydrogens (tertiary/aromatic N) is 3. The van der Waals surface area contributed by atoms with Gasteiger partial charge in [-0.2, -0.15) is 0 Å². The number of hydrogen-bond donors (Lipinski definition) is 0. The van der Waals surface area contributed by atoms with Crippen LogP contribution < -0.4 is 25.4 Å². The molecule has 0 saturated carbocycles. The van der Waals surface area contributed by atoms with E-state index >= 15 is 0 Å². The van der Waals surface area contributed by atoms with Gasteiger partial charge in [0.25, 0.3) is 0 Å². The molecule has 3 aliphatic rings. The number of para-hydroxylation sites is 1. The minimum absolute atomic E-state index is 0.0304. The van der Waals surface area contributed by atoms with Gasteiger partial charge in [-0.25, -0.2) is 4.98 Å². The number of rotatable bonds is 3. The second kappa shape index (κ2) is 12.6. The molecule has 0 atom stereocenters. The molecule has 298 valence electrons. The normalized spacial score (nSPS) is 14.1. The van der Waals surface area contributed by atoms with Crippen LogP contribution in [0.2, 0.25) is 0 Å². The topological polar surface area (TPSA) is 41.7 Å². The molecule has 3 aliphatic heterocycles. The molecule has 0 unspecified atom stereocenters. The summed E-state index contributed by atoms with van der Waals surface area (Å²) >= 11 is 1.69. The molecular formula is C54H46BN3O2S. The fourth-order valence-electron chi connectivity index (χ4n) is 9.96. The van der Waals surface area contributed by atoms with Gasteiger partial charge in [0.05, 0.1) is 32.5 Å². The Morgan fingerprint density at radius 3 is 2.21 bits per heavy atom. The molecule has 61 heavy (non-hydrogen) atoms. The van der Waals surface area contributed by atoms with Gasteiger partial charge in [-0.1, -0.05) is 116 Å². The Morgan fingerprint density at radius 1 is 0.672 bits per heavy atom. The van der Waals surface area contributed by atoms with Gasteiger partial charge in [0.1, 0.15) is 16.9 Å². The van der Waals surface area contributed by atoms with Crippen LogP contribution in [0.25, 0.3) is 54.4 Å². The molecule has 0 saturated heterocycles. The zero-order chi connectivity index (χ0) is 41.7. The molecule has 0 N–H and O–H groups in total. The molecule has 2 aromatic heterocycles. The second-order valence-corrected chi connectivity index (χ2v) is 20.4. The molecule has 0 fully saturated rings. The average molecular weight is 812 g/mol. The number of ether oxygens (including phenoxy) is 1. The van der Waals surface area contributed by atoms with E-state index in [2.05, 4.69) is 185 Å². The molecule has 7 heteroatoms. The Kier molecular flexibility index (Phi) is 7.56. The lowest BCUT2D eigenvalue weighted by Crippen LogP contribution is -2.62. The summed E-state index contributed by atoms with van der Waals surface area (Å²) in [5.41, 5.74) is 21.4. The van der Waals surface area contributed by atoms with Crippen molar-refractivity contribution < 1.29 is 9.15 Å². The lowest BCUT2D eigenvalue weighted by atomic mass is 9.43. The van der Waals surface area contributed by atoms with Crippen molar-refractivity contribution in [3.05, 3.63) is 144 Å². The smallest absolute Gasteiger partial charge is 0.333 e. The summed E-state index contributed by atoms with van der Waals surface area (Å²) in [5.74, 6) is 2.01. The molecule has 0 aliphatic carbocycles. The molecule has 0 radical (unpaired) electrons. The number of aromatic nitrogens is 1. The monoisotopic (exact) mass is 811 g/mol. The maximum Gasteiger partial charge on any atom is 0.333 e. The third kappa shape index (κ3) is 5.35. The summed E-state index contributed by atoms with van der Waals surface area (Å²) in [7, 11) is 0. The first-order valence-corrected chi connectivity index (χ1v) is 22.4.